The second kappa shape index (κ2) is 13.0. The lowest BCUT2D eigenvalue weighted by Crippen LogP contribution is -2.43. The Bertz CT molecular complexity index is 1820. The van der Waals surface area contributed by atoms with Gasteiger partial charge in [0.25, 0.3) is 5.56 Å². The number of aromatic nitrogens is 4. The topological polar surface area (TPSA) is 188 Å². The molecule has 0 spiro atoms. The lowest BCUT2D eigenvalue weighted by Gasteiger charge is -2.14. The predicted molar refractivity (Wildman–Crippen MR) is 156 cm³/mol. The molecular formula is C27H28ClN7O6S. The highest BCUT2D eigenvalue weighted by molar-refractivity contribution is 7.89. The number of amides is 2. The van der Waals surface area contributed by atoms with Crippen molar-refractivity contribution in [3.63, 3.8) is 0 Å². The summed E-state index contributed by atoms with van der Waals surface area (Å²) in [6, 6.07) is 12.4. The number of fused-ring (bicyclic) bond motifs is 1. The van der Waals surface area contributed by atoms with Gasteiger partial charge in [-0.1, -0.05) is 60.2 Å². The van der Waals surface area contributed by atoms with Crippen molar-refractivity contribution in [2.24, 2.45) is 7.05 Å². The Balaban J connectivity index is 1.41. The van der Waals surface area contributed by atoms with Crippen molar-refractivity contribution in [1.29, 1.82) is 0 Å². The number of sulfonamides is 1. The highest BCUT2D eigenvalue weighted by Gasteiger charge is 2.31. The van der Waals surface area contributed by atoms with E-state index in [1.54, 1.807) is 30.4 Å². The second-order valence-electron chi connectivity index (χ2n) is 9.29. The fourth-order valence-electron chi connectivity index (χ4n) is 4.13. The summed E-state index contributed by atoms with van der Waals surface area (Å²) in [6.45, 7) is 2.08. The van der Waals surface area contributed by atoms with Gasteiger partial charge in [0.05, 0.1) is 16.6 Å². The van der Waals surface area contributed by atoms with Crippen molar-refractivity contribution in [1.82, 2.24) is 35.1 Å². The van der Waals surface area contributed by atoms with Crippen LogP contribution in [0.1, 0.15) is 22.6 Å². The summed E-state index contributed by atoms with van der Waals surface area (Å²) in [7, 11) is -2.90. The van der Waals surface area contributed by atoms with Gasteiger partial charge in [0.2, 0.25) is 10.0 Å². The van der Waals surface area contributed by atoms with Crippen LogP contribution in [0.2, 0.25) is 5.15 Å². The predicted octanol–water partition coefficient (Wildman–Crippen LogP) is 2.11. The van der Waals surface area contributed by atoms with Gasteiger partial charge >= 0.3 is 12.0 Å². The van der Waals surface area contributed by atoms with Crippen LogP contribution in [-0.2, 0) is 34.8 Å². The standard InChI is InChI=1S/C27H28ClN7O6S/c1-16-23(24(28)35(2)33-16)42(40,41)34-21(26(37)38)14-22-31-20-11-10-17(13-19(20)25(36)32-22)9-6-12-29-27(39)30-15-18-7-4-3-5-8-18/h3-11,13,21,34H,12,14-15H2,1-2H3,(H,37,38)(H2,29,30,39)(H,31,32,36)/b9-6+/t21-/m0/s1. The van der Waals surface area contributed by atoms with Crippen molar-refractivity contribution >= 4 is 50.6 Å². The van der Waals surface area contributed by atoms with Gasteiger partial charge in [0.1, 0.15) is 21.9 Å². The molecule has 0 aliphatic heterocycles. The Kier molecular flexibility index (Phi) is 9.40. The van der Waals surface area contributed by atoms with Gasteiger partial charge < -0.3 is 20.7 Å². The van der Waals surface area contributed by atoms with Gasteiger partial charge in [-0.25, -0.2) is 18.2 Å². The lowest BCUT2D eigenvalue weighted by molar-refractivity contribution is -0.139. The van der Waals surface area contributed by atoms with Crippen molar-refractivity contribution in [2.75, 3.05) is 6.54 Å². The Hall–Kier alpha value is -4.53. The molecule has 5 N–H and O–H groups in total. The maximum Gasteiger partial charge on any atom is 0.322 e. The summed E-state index contributed by atoms with van der Waals surface area (Å²) in [5.74, 6) is -1.49. The monoisotopic (exact) mass is 613 g/mol. The number of carbonyl (C=O) groups is 2. The zero-order chi connectivity index (χ0) is 30.4. The summed E-state index contributed by atoms with van der Waals surface area (Å²) in [5, 5.41) is 19.2. The molecule has 42 heavy (non-hydrogen) atoms. The first-order chi connectivity index (χ1) is 19.9. The van der Waals surface area contributed by atoms with E-state index in [9.17, 15) is 27.9 Å². The number of carboxylic acid groups (broad SMARTS) is 1. The zero-order valence-electron chi connectivity index (χ0n) is 22.6. The number of H-pyrrole nitrogens is 1. The zero-order valence-corrected chi connectivity index (χ0v) is 24.2. The van der Waals surface area contributed by atoms with E-state index in [0.29, 0.717) is 17.6 Å². The fourth-order valence-corrected chi connectivity index (χ4v) is 6.07. The van der Waals surface area contributed by atoms with Crippen LogP contribution >= 0.6 is 11.6 Å². The lowest BCUT2D eigenvalue weighted by atomic mass is 10.1. The van der Waals surface area contributed by atoms with E-state index >= 15 is 0 Å². The largest absolute Gasteiger partial charge is 0.480 e. The molecule has 0 saturated carbocycles. The molecule has 0 aliphatic rings. The Labute approximate surface area is 245 Å². The third-order valence-corrected chi connectivity index (χ3v) is 8.29. The highest BCUT2D eigenvalue weighted by Crippen LogP contribution is 2.24. The quantitative estimate of drug-likeness (QED) is 0.170. The van der Waals surface area contributed by atoms with Gasteiger partial charge in [-0.15, -0.1) is 0 Å². The molecule has 15 heteroatoms. The number of rotatable bonds is 11. The van der Waals surface area contributed by atoms with Crippen LogP contribution in [0, 0.1) is 6.92 Å². The molecular weight excluding hydrogens is 586 g/mol. The minimum absolute atomic E-state index is 0.0226. The average Bonchev–Trinajstić information content (AvgIpc) is 3.21. The van der Waals surface area contributed by atoms with Gasteiger partial charge in [0, 0.05) is 26.6 Å². The molecule has 2 heterocycles. The molecule has 2 aromatic heterocycles. The third-order valence-electron chi connectivity index (χ3n) is 6.13. The molecule has 4 aromatic rings. The number of carboxylic acids is 1. The van der Waals surface area contributed by atoms with Crippen LogP contribution in [0.25, 0.3) is 17.0 Å². The summed E-state index contributed by atoms with van der Waals surface area (Å²) in [6.07, 6.45) is 3.01. The molecule has 0 aliphatic carbocycles. The van der Waals surface area contributed by atoms with Crippen LogP contribution in [-0.4, -0.2) is 57.9 Å². The molecule has 1 atom stereocenters. The van der Waals surface area contributed by atoms with E-state index in [2.05, 4.69) is 30.4 Å². The maximum absolute atomic E-state index is 12.9. The highest BCUT2D eigenvalue weighted by atomic mass is 35.5. The van der Waals surface area contributed by atoms with Crippen molar-refractivity contribution in [2.45, 2.75) is 30.8 Å². The summed E-state index contributed by atoms with van der Waals surface area (Å²) in [5.41, 5.74) is 1.52. The molecule has 220 valence electrons. The van der Waals surface area contributed by atoms with Crippen LogP contribution in [0.4, 0.5) is 4.79 Å². The van der Waals surface area contributed by atoms with Crippen LogP contribution in [0.3, 0.4) is 0 Å². The second-order valence-corrected chi connectivity index (χ2v) is 11.3. The summed E-state index contributed by atoms with van der Waals surface area (Å²) in [4.78, 5) is 43.2. The van der Waals surface area contributed by atoms with Crippen molar-refractivity contribution in [3.05, 3.63) is 92.8 Å². The van der Waals surface area contributed by atoms with Gasteiger partial charge in [-0.3, -0.25) is 14.3 Å². The molecule has 0 unspecified atom stereocenters. The SMILES string of the molecule is Cc1nn(C)c(Cl)c1S(=O)(=O)N[C@@H](Cc1nc2ccc(/C=C/CNC(=O)NCc3ccccc3)cc2c(=O)[nH]1)C(=O)O. The molecule has 4 rings (SSSR count). The first-order valence-corrected chi connectivity index (χ1v) is 14.5. The number of carbonyl (C=O) groups excluding carboxylic acids is 1. The molecule has 0 fully saturated rings. The van der Waals surface area contributed by atoms with E-state index in [1.165, 1.54) is 14.0 Å². The number of hydrogen-bond donors (Lipinski definition) is 5. The molecule has 2 amide bonds. The number of urea groups is 1. The van der Waals surface area contributed by atoms with E-state index in [4.69, 9.17) is 11.6 Å². The third kappa shape index (κ3) is 7.40. The number of nitrogens with one attached hydrogen (secondary N) is 4. The van der Waals surface area contributed by atoms with E-state index < -0.39 is 34.0 Å². The van der Waals surface area contributed by atoms with E-state index in [0.717, 1.165) is 10.2 Å². The van der Waals surface area contributed by atoms with E-state index in [1.807, 2.05) is 30.3 Å². The Morgan fingerprint density at radius 2 is 1.90 bits per heavy atom. The molecule has 0 radical (unpaired) electrons. The summed E-state index contributed by atoms with van der Waals surface area (Å²) < 4.78 is 29.1. The Morgan fingerprint density at radius 1 is 1.17 bits per heavy atom. The van der Waals surface area contributed by atoms with Crippen molar-refractivity contribution in [3.8, 4) is 0 Å². The average molecular weight is 614 g/mol. The fraction of sp³-hybridized carbons (Fsp3) is 0.222. The van der Waals surface area contributed by atoms with Crippen LogP contribution < -0.4 is 20.9 Å². The number of aryl methyl sites for hydroxylation is 2. The molecule has 13 nitrogen and oxygen atoms in total. The molecule has 0 bridgehead atoms. The first kappa shape index (κ1) is 30.4. The minimum atomic E-state index is -4.36. The molecule has 0 saturated heterocycles. The number of aromatic amines is 1. The number of nitrogens with zero attached hydrogens (tertiary/aromatic N) is 3. The smallest absolute Gasteiger partial charge is 0.322 e. The maximum atomic E-state index is 12.9. The van der Waals surface area contributed by atoms with Gasteiger partial charge in [-0.2, -0.15) is 9.82 Å². The number of benzene rings is 2. The number of halogens is 1. The first-order valence-electron chi connectivity index (χ1n) is 12.6. The molecule has 2 aromatic carbocycles. The van der Waals surface area contributed by atoms with E-state index in [-0.39, 0.29) is 39.5 Å². The number of aliphatic carboxylic acids is 1. The minimum Gasteiger partial charge on any atom is -0.480 e. The number of hydrogen-bond acceptors (Lipinski definition) is 7. The van der Waals surface area contributed by atoms with Crippen molar-refractivity contribution < 1.29 is 23.1 Å². The van der Waals surface area contributed by atoms with Crippen LogP contribution in [0.5, 0.6) is 0 Å². The normalized spacial score (nSPS) is 12.5. The van der Waals surface area contributed by atoms with Gasteiger partial charge in [-0.05, 0) is 30.2 Å². The summed E-state index contributed by atoms with van der Waals surface area (Å²) >= 11 is 6.06. The van der Waals surface area contributed by atoms with Gasteiger partial charge in [0.15, 0.2) is 0 Å². The van der Waals surface area contributed by atoms with Crippen LogP contribution in [0.15, 0.2) is 64.3 Å². The Morgan fingerprint density at radius 3 is 2.57 bits per heavy atom.